The quantitative estimate of drug-likeness (QED) is 0.197. The second kappa shape index (κ2) is 11.9. The van der Waals surface area contributed by atoms with Crippen LogP contribution in [0.15, 0.2) is 83.1 Å². The average Bonchev–Trinajstić information content (AvgIpc) is 3.36. The van der Waals surface area contributed by atoms with Crippen molar-refractivity contribution in [1.82, 2.24) is 20.2 Å². The number of hydrogen-bond acceptors (Lipinski definition) is 8. The van der Waals surface area contributed by atoms with E-state index in [9.17, 15) is 4.79 Å². The van der Waals surface area contributed by atoms with Crippen LogP contribution in [-0.4, -0.2) is 54.0 Å². The van der Waals surface area contributed by atoms with Crippen molar-refractivity contribution in [3.05, 3.63) is 78.4 Å². The first kappa shape index (κ1) is 24.8. The molecular formula is C26H25N5O4S. The lowest BCUT2D eigenvalue weighted by molar-refractivity contribution is -0.118. The average molecular weight is 504 g/mol. The molecule has 1 amide bonds. The van der Waals surface area contributed by atoms with E-state index in [1.807, 2.05) is 65.2 Å². The summed E-state index contributed by atoms with van der Waals surface area (Å²) in [6, 6.07) is 23.1. The molecule has 3 aromatic carbocycles. The van der Waals surface area contributed by atoms with Crippen LogP contribution in [0.5, 0.6) is 17.2 Å². The molecule has 4 rings (SSSR count). The summed E-state index contributed by atoms with van der Waals surface area (Å²) in [6.45, 7) is 0. The second-order valence-electron chi connectivity index (χ2n) is 7.35. The third-order valence-corrected chi connectivity index (χ3v) is 6.07. The van der Waals surface area contributed by atoms with E-state index in [1.165, 1.54) is 32.2 Å². The molecule has 10 heteroatoms. The van der Waals surface area contributed by atoms with E-state index in [4.69, 9.17) is 14.2 Å². The molecule has 1 N–H and O–H groups in total. The summed E-state index contributed by atoms with van der Waals surface area (Å²) in [7, 11) is 4.60. The molecule has 0 saturated heterocycles. The van der Waals surface area contributed by atoms with Crippen LogP contribution in [0.1, 0.15) is 5.56 Å². The van der Waals surface area contributed by atoms with Gasteiger partial charge in [-0.25, -0.2) is 5.43 Å². The molecule has 4 aromatic rings. The Bertz CT molecular complexity index is 1340. The number of benzene rings is 3. The topological polar surface area (TPSA) is 99.9 Å². The molecule has 0 aliphatic carbocycles. The molecule has 0 atom stereocenters. The Balaban J connectivity index is 1.48. The molecule has 0 fully saturated rings. The van der Waals surface area contributed by atoms with E-state index in [0.29, 0.717) is 33.8 Å². The van der Waals surface area contributed by atoms with Crippen LogP contribution in [0, 0.1) is 0 Å². The number of thioether (sulfide) groups is 1. The molecule has 0 bridgehead atoms. The lowest BCUT2D eigenvalue weighted by Crippen LogP contribution is -2.20. The van der Waals surface area contributed by atoms with E-state index < -0.39 is 0 Å². The lowest BCUT2D eigenvalue weighted by Gasteiger charge is -2.13. The summed E-state index contributed by atoms with van der Waals surface area (Å²) in [5, 5.41) is 13.4. The van der Waals surface area contributed by atoms with Crippen molar-refractivity contribution in [1.29, 1.82) is 0 Å². The SMILES string of the molecule is COc1ccc(/C=N\NC(=O)CSc2nnc(-c3ccccc3)n2-c2ccccc2)c(OC)c1OC. The predicted octanol–water partition coefficient (Wildman–Crippen LogP) is 4.20. The Morgan fingerprint density at radius 3 is 2.28 bits per heavy atom. The minimum atomic E-state index is -0.292. The summed E-state index contributed by atoms with van der Waals surface area (Å²) in [4.78, 5) is 12.5. The van der Waals surface area contributed by atoms with Gasteiger partial charge < -0.3 is 14.2 Å². The Morgan fingerprint density at radius 1 is 0.917 bits per heavy atom. The van der Waals surface area contributed by atoms with E-state index in [1.54, 1.807) is 19.2 Å². The molecule has 0 saturated carbocycles. The first-order valence-corrected chi connectivity index (χ1v) is 11.9. The van der Waals surface area contributed by atoms with Crippen LogP contribution in [0.3, 0.4) is 0 Å². The van der Waals surface area contributed by atoms with Gasteiger partial charge in [0.25, 0.3) is 5.91 Å². The Kier molecular flexibility index (Phi) is 8.20. The third kappa shape index (κ3) is 5.49. The summed E-state index contributed by atoms with van der Waals surface area (Å²) in [5.41, 5.74) is 5.00. The maximum absolute atomic E-state index is 12.5. The van der Waals surface area contributed by atoms with E-state index in [-0.39, 0.29) is 11.7 Å². The minimum Gasteiger partial charge on any atom is -0.493 e. The number of methoxy groups -OCH3 is 3. The van der Waals surface area contributed by atoms with Gasteiger partial charge in [-0.15, -0.1) is 10.2 Å². The normalized spacial score (nSPS) is 10.9. The molecule has 1 aromatic heterocycles. The maximum atomic E-state index is 12.5. The van der Waals surface area contributed by atoms with E-state index in [2.05, 4.69) is 20.7 Å². The number of hydrazone groups is 1. The van der Waals surface area contributed by atoms with Gasteiger partial charge in [0.05, 0.1) is 33.3 Å². The maximum Gasteiger partial charge on any atom is 0.250 e. The van der Waals surface area contributed by atoms with Crippen molar-refractivity contribution < 1.29 is 19.0 Å². The molecule has 0 aliphatic rings. The Morgan fingerprint density at radius 2 is 1.61 bits per heavy atom. The largest absolute Gasteiger partial charge is 0.493 e. The molecule has 9 nitrogen and oxygen atoms in total. The van der Waals surface area contributed by atoms with Gasteiger partial charge >= 0.3 is 0 Å². The number of carbonyl (C=O) groups excluding carboxylic acids is 1. The molecule has 0 spiro atoms. The number of hydrogen-bond donors (Lipinski definition) is 1. The van der Waals surface area contributed by atoms with Gasteiger partial charge in [0.15, 0.2) is 22.5 Å². The van der Waals surface area contributed by atoms with Gasteiger partial charge in [-0.2, -0.15) is 5.10 Å². The minimum absolute atomic E-state index is 0.0974. The highest BCUT2D eigenvalue weighted by Crippen LogP contribution is 2.39. The van der Waals surface area contributed by atoms with Crippen molar-refractivity contribution in [2.45, 2.75) is 5.16 Å². The van der Waals surface area contributed by atoms with Crippen LogP contribution in [-0.2, 0) is 4.79 Å². The van der Waals surface area contributed by atoms with Crippen molar-refractivity contribution in [3.8, 4) is 34.3 Å². The van der Waals surface area contributed by atoms with E-state index in [0.717, 1.165) is 11.3 Å². The lowest BCUT2D eigenvalue weighted by atomic mass is 10.2. The fourth-order valence-electron chi connectivity index (χ4n) is 3.51. The van der Waals surface area contributed by atoms with Crippen molar-refractivity contribution in [2.75, 3.05) is 27.1 Å². The van der Waals surface area contributed by atoms with Gasteiger partial charge in [-0.1, -0.05) is 60.3 Å². The number of nitrogens with zero attached hydrogens (tertiary/aromatic N) is 4. The molecule has 1 heterocycles. The van der Waals surface area contributed by atoms with Crippen molar-refractivity contribution in [2.24, 2.45) is 5.10 Å². The third-order valence-electron chi connectivity index (χ3n) is 5.14. The van der Waals surface area contributed by atoms with Crippen LogP contribution < -0.4 is 19.6 Å². The number of amides is 1. The van der Waals surface area contributed by atoms with Gasteiger partial charge in [0.1, 0.15) is 0 Å². The van der Waals surface area contributed by atoms with Gasteiger partial charge in [-0.05, 0) is 24.3 Å². The van der Waals surface area contributed by atoms with Crippen molar-refractivity contribution in [3.63, 3.8) is 0 Å². The molecule has 36 heavy (non-hydrogen) atoms. The van der Waals surface area contributed by atoms with Crippen LogP contribution in [0.4, 0.5) is 0 Å². The fraction of sp³-hybridized carbons (Fsp3) is 0.154. The number of nitrogens with one attached hydrogen (secondary N) is 1. The highest BCUT2D eigenvalue weighted by Gasteiger charge is 2.17. The molecule has 0 unspecified atom stereocenters. The zero-order chi connectivity index (χ0) is 25.3. The van der Waals surface area contributed by atoms with E-state index >= 15 is 0 Å². The predicted molar refractivity (Wildman–Crippen MR) is 139 cm³/mol. The van der Waals surface area contributed by atoms with Crippen LogP contribution in [0.25, 0.3) is 17.1 Å². The summed E-state index contributed by atoms with van der Waals surface area (Å²) in [5.74, 6) is 1.93. The number of aromatic nitrogens is 3. The molecule has 0 radical (unpaired) electrons. The number of carbonyl (C=O) groups is 1. The van der Waals surface area contributed by atoms with Gasteiger partial charge in [0, 0.05) is 16.8 Å². The molecule has 184 valence electrons. The summed E-state index contributed by atoms with van der Waals surface area (Å²) in [6.07, 6.45) is 1.49. The Labute approximate surface area is 213 Å². The van der Waals surface area contributed by atoms with Gasteiger partial charge in [0.2, 0.25) is 5.75 Å². The highest BCUT2D eigenvalue weighted by atomic mass is 32.2. The molecular weight excluding hydrogens is 478 g/mol. The summed E-state index contributed by atoms with van der Waals surface area (Å²) < 4.78 is 18.0. The number of ether oxygens (including phenoxy) is 3. The Hall–Kier alpha value is -4.31. The fourth-order valence-corrected chi connectivity index (χ4v) is 4.25. The first-order valence-electron chi connectivity index (χ1n) is 11.0. The summed E-state index contributed by atoms with van der Waals surface area (Å²) >= 11 is 1.27. The zero-order valence-corrected chi connectivity index (χ0v) is 20.9. The van der Waals surface area contributed by atoms with Crippen LogP contribution in [0.2, 0.25) is 0 Å². The molecule has 0 aliphatic heterocycles. The van der Waals surface area contributed by atoms with Crippen molar-refractivity contribution >= 4 is 23.9 Å². The monoisotopic (exact) mass is 503 g/mol. The van der Waals surface area contributed by atoms with Gasteiger partial charge in [-0.3, -0.25) is 9.36 Å². The second-order valence-corrected chi connectivity index (χ2v) is 8.29. The first-order chi connectivity index (χ1) is 17.7. The number of para-hydroxylation sites is 1. The number of rotatable bonds is 10. The smallest absolute Gasteiger partial charge is 0.250 e. The standard InChI is InChI=1S/C26H25N5O4S/c1-33-21-15-14-19(23(34-2)24(21)35-3)16-27-28-22(32)17-36-26-30-29-25(18-10-6-4-7-11-18)31(26)20-12-8-5-9-13-20/h4-16H,17H2,1-3H3,(H,28,32)/b27-16-. The highest BCUT2D eigenvalue weighted by molar-refractivity contribution is 7.99. The van der Waals surface area contributed by atoms with Crippen LogP contribution >= 0.6 is 11.8 Å². The zero-order valence-electron chi connectivity index (χ0n) is 20.0.